The highest BCUT2D eigenvalue weighted by Gasteiger charge is 2.43. The Hall–Kier alpha value is -2.69. The van der Waals surface area contributed by atoms with Gasteiger partial charge in [0.1, 0.15) is 11.2 Å². The highest BCUT2D eigenvalue weighted by atomic mass is 16.6. The minimum atomic E-state index is -0.919. The van der Waals surface area contributed by atoms with Crippen molar-refractivity contribution in [3.05, 3.63) is 27.9 Å². The zero-order valence-corrected chi connectivity index (χ0v) is 12.3. The molecule has 1 saturated carbocycles. The topological polar surface area (TPSA) is 118 Å². The van der Waals surface area contributed by atoms with E-state index in [0.29, 0.717) is 5.69 Å². The number of pyridine rings is 1. The van der Waals surface area contributed by atoms with Crippen LogP contribution in [0.15, 0.2) is 12.1 Å². The van der Waals surface area contributed by atoms with E-state index in [4.69, 9.17) is 4.74 Å². The van der Waals surface area contributed by atoms with Crippen molar-refractivity contribution in [1.29, 1.82) is 5.26 Å². The fraction of sp³-hybridized carbons (Fsp3) is 0.500. The molecule has 116 valence electrons. The van der Waals surface area contributed by atoms with E-state index >= 15 is 0 Å². The standard InChI is InChI=1S/C14H16N4O4/c1-9-3-6-11(13(16-9)18(20)21)22-7-12(19)17-14(2,8-15)10-4-5-10/h3,6,10H,4-5,7H2,1-2H3,(H,17,19). The number of ether oxygens (including phenoxy) is 1. The molecule has 0 aliphatic heterocycles. The molecule has 22 heavy (non-hydrogen) atoms. The van der Waals surface area contributed by atoms with Crippen LogP contribution >= 0.6 is 0 Å². The third-order valence-corrected chi connectivity index (χ3v) is 3.54. The number of aryl methyl sites for hydroxylation is 1. The third-order valence-electron chi connectivity index (χ3n) is 3.54. The van der Waals surface area contributed by atoms with Gasteiger partial charge in [-0.1, -0.05) is 0 Å². The second-order valence-corrected chi connectivity index (χ2v) is 5.46. The average molecular weight is 304 g/mol. The summed E-state index contributed by atoms with van der Waals surface area (Å²) < 4.78 is 5.18. The van der Waals surface area contributed by atoms with Gasteiger partial charge < -0.3 is 20.2 Å². The van der Waals surface area contributed by atoms with Gasteiger partial charge in [0.25, 0.3) is 5.91 Å². The highest BCUT2D eigenvalue weighted by Crippen LogP contribution is 2.39. The van der Waals surface area contributed by atoms with Crippen LogP contribution in [-0.2, 0) is 4.79 Å². The molecule has 1 aromatic rings. The molecular weight excluding hydrogens is 288 g/mol. The van der Waals surface area contributed by atoms with Crippen molar-refractivity contribution in [3.63, 3.8) is 0 Å². The second-order valence-electron chi connectivity index (χ2n) is 5.46. The average Bonchev–Trinajstić information content (AvgIpc) is 3.30. The maximum atomic E-state index is 11.9. The van der Waals surface area contributed by atoms with Crippen LogP contribution in [0.2, 0.25) is 0 Å². The summed E-state index contributed by atoms with van der Waals surface area (Å²) in [5.74, 6) is -0.850. The summed E-state index contributed by atoms with van der Waals surface area (Å²) in [5, 5.41) is 22.7. The van der Waals surface area contributed by atoms with E-state index in [9.17, 15) is 20.2 Å². The first-order valence-electron chi connectivity index (χ1n) is 6.83. The third kappa shape index (κ3) is 3.49. The molecule has 0 saturated heterocycles. The predicted octanol–water partition coefficient (Wildman–Crippen LogP) is 1.49. The molecule has 1 amide bonds. The molecule has 8 nitrogen and oxygen atoms in total. The number of carbonyl (C=O) groups is 1. The molecule has 8 heteroatoms. The number of hydrogen-bond donors (Lipinski definition) is 1. The normalized spacial score (nSPS) is 16.2. The quantitative estimate of drug-likeness (QED) is 0.628. The minimum absolute atomic E-state index is 0.0733. The summed E-state index contributed by atoms with van der Waals surface area (Å²) in [5.41, 5.74) is -0.438. The van der Waals surface area contributed by atoms with E-state index < -0.39 is 28.8 Å². The van der Waals surface area contributed by atoms with Gasteiger partial charge in [0.05, 0.1) is 6.07 Å². The predicted molar refractivity (Wildman–Crippen MR) is 76.0 cm³/mol. The van der Waals surface area contributed by atoms with Crippen LogP contribution in [0.1, 0.15) is 25.5 Å². The fourth-order valence-corrected chi connectivity index (χ4v) is 2.12. The summed E-state index contributed by atoms with van der Waals surface area (Å²) in [6, 6.07) is 5.06. The van der Waals surface area contributed by atoms with Gasteiger partial charge in [-0.25, -0.2) is 0 Å². The Morgan fingerprint density at radius 2 is 2.32 bits per heavy atom. The molecule has 2 rings (SSSR count). The second kappa shape index (κ2) is 5.97. The van der Waals surface area contributed by atoms with Crippen LogP contribution in [-0.4, -0.2) is 28.0 Å². The number of nitro groups is 1. The minimum Gasteiger partial charge on any atom is -0.476 e. The van der Waals surface area contributed by atoms with Crippen LogP contribution in [0.5, 0.6) is 5.75 Å². The Labute approximate surface area is 127 Å². The van der Waals surface area contributed by atoms with Gasteiger partial charge in [-0.3, -0.25) is 4.79 Å². The molecule has 0 spiro atoms. The van der Waals surface area contributed by atoms with Crippen molar-refractivity contribution in [3.8, 4) is 11.8 Å². The zero-order chi connectivity index (χ0) is 16.3. The van der Waals surface area contributed by atoms with E-state index in [2.05, 4.69) is 16.4 Å². The molecule has 1 atom stereocenters. The maximum Gasteiger partial charge on any atom is 0.406 e. The molecule has 1 aliphatic rings. The molecule has 1 fully saturated rings. The first kappa shape index (κ1) is 15.7. The van der Waals surface area contributed by atoms with Crippen molar-refractivity contribution >= 4 is 11.7 Å². The monoisotopic (exact) mass is 304 g/mol. The number of carbonyl (C=O) groups excluding carboxylic acids is 1. The lowest BCUT2D eigenvalue weighted by molar-refractivity contribution is -0.390. The molecular formula is C14H16N4O4. The molecule has 1 aromatic heterocycles. The van der Waals surface area contributed by atoms with Crippen molar-refractivity contribution in [2.75, 3.05) is 6.61 Å². The van der Waals surface area contributed by atoms with Crippen LogP contribution in [0.3, 0.4) is 0 Å². The smallest absolute Gasteiger partial charge is 0.406 e. The molecule has 1 heterocycles. The first-order chi connectivity index (χ1) is 10.4. The lowest BCUT2D eigenvalue weighted by Crippen LogP contribution is -2.48. The Bertz CT molecular complexity index is 651. The van der Waals surface area contributed by atoms with Gasteiger partial charge in [-0.15, -0.1) is 0 Å². The molecule has 1 aliphatic carbocycles. The number of nitrogens with one attached hydrogen (secondary N) is 1. The first-order valence-corrected chi connectivity index (χ1v) is 6.83. The van der Waals surface area contributed by atoms with Crippen LogP contribution in [0, 0.1) is 34.3 Å². The van der Waals surface area contributed by atoms with E-state index in [1.807, 2.05) is 0 Å². The Morgan fingerprint density at radius 3 is 2.86 bits per heavy atom. The highest BCUT2D eigenvalue weighted by molar-refractivity contribution is 5.79. The largest absolute Gasteiger partial charge is 0.476 e. The van der Waals surface area contributed by atoms with Crippen molar-refractivity contribution in [1.82, 2.24) is 10.3 Å². The van der Waals surface area contributed by atoms with Crippen molar-refractivity contribution < 1.29 is 14.5 Å². The van der Waals surface area contributed by atoms with E-state index in [0.717, 1.165) is 12.8 Å². The number of nitrogens with zero attached hydrogens (tertiary/aromatic N) is 3. The Balaban J connectivity index is 2.00. The summed E-state index contributed by atoms with van der Waals surface area (Å²) >= 11 is 0. The number of amides is 1. The molecule has 0 radical (unpaired) electrons. The summed E-state index contributed by atoms with van der Waals surface area (Å²) in [4.78, 5) is 25.9. The lowest BCUT2D eigenvalue weighted by Gasteiger charge is -2.22. The van der Waals surface area contributed by atoms with Gasteiger partial charge in [-0.05, 0) is 47.7 Å². The molecule has 0 bridgehead atoms. The fourth-order valence-electron chi connectivity index (χ4n) is 2.12. The molecule has 1 unspecified atom stereocenters. The van der Waals surface area contributed by atoms with E-state index in [1.54, 1.807) is 19.9 Å². The summed E-state index contributed by atoms with van der Waals surface area (Å²) in [6.45, 7) is 2.88. The summed E-state index contributed by atoms with van der Waals surface area (Å²) in [7, 11) is 0. The van der Waals surface area contributed by atoms with E-state index in [1.165, 1.54) is 6.07 Å². The van der Waals surface area contributed by atoms with Crippen LogP contribution < -0.4 is 10.1 Å². The van der Waals surface area contributed by atoms with Gasteiger partial charge in [0, 0.05) is 6.92 Å². The molecule has 0 aromatic carbocycles. The SMILES string of the molecule is Cc1ccc(OCC(=O)NC(C)(C#N)C2CC2)c([N+](=O)[O-])n1. The molecule has 1 N–H and O–H groups in total. The zero-order valence-electron chi connectivity index (χ0n) is 12.3. The van der Waals surface area contributed by atoms with Gasteiger partial charge >= 0.3 is 5.82 Å². The van der Waals surface area contributed by atoms with Crippen molar-refractivity contribution in [2.24, 2.45) is 5.92 Å². The van der Waals surface area contributed by atoms with E-state index in [-0.39, 0.29) is 11.7 Å². The number of aromatic nitrogens is 1. The Morgan fingerprint density at radius 1 is 1.64 bits per heavy atom. The summed E-state index contributed by atoms with van der Waals surface area (Å²) in [6.07, 6.45) is 1.80. The van der Waals surface area contributed by atoms with Crippen molar-refractivity contribution in [2.45, 2.75) is 32.2 Å². The number of rotatable bonds is 6. The van der Waals surface area contributed by atoms with Gasteiger partial charge in [0.15, 0.2) is 6.61 Å². The lowest BCUT2D eigenvalue weighted by atomic mass is 9.98. The number of nitriles is 1. The van der Waals surface area contributed by atoms with Gasteiger partial charge in [-0.2, -0.15) is 5.26 Å². The van der Waals surface area contributed by atoms with Crippen LogP contribution in [0.4, 0.5) is 5.82 Å². The van der Waals surface area contributed by atoms with Gasteiger partial charge in [0.2, 0.25) is 5.75 Å². The Kier molecular flexibility index (Phi) is 4.26. The van der Waals surface area contributed by atoms with Crippen LogP contribution in [0.25, 0.3) is 0 Å². The maximum absolute atomic E-state index is 11.9. The number of hydrogen-bond acceptors (Lipinski definition) is 6.